The number of hydrogen-bond acceptors (Lipinski definition) is 7. The van der Waals surface area contributed by atoms with E-state index in [1.165, 1.54) is 34.6 Å². The average Bonchev–Trinajstić information content (AvgIpc) is 3.46. The number of thiazole rings is 1. The number of hydrogen-bond donors (Lipinski definition) is 0. The van der Waals surface area contributed by atoms with Crippen LogP contribution in [-0.2, 0) is 13.1 Å². The number of piperazine rings is 1. The van der Waals surface area contributed by atoms with Gasteiger partial charge in [-0.3, -0.25) is 24.3 Å². The summed E-state index contributed by atoms with van der Waals surface area (Å²) in [5, 5.41) is 2.74. The minimum Gasteiger partial charge on any atom is -0.368 e. The zero-order valence-electron chi connectivity index (χ0n) is 21.3. The van der Waals surface area contributed by atoms with E-state index < -0.39 is 0 Å². The van der Waals surface area contributed by atoms with Gasteiger partial charge in [0.1, 0.15) is 5.01 Å². The molecule has 2 fully saturated rings. The van der Waals surface area contributed by atoms with Gasteiger partial charge in [-0.15, -0.1) is 11.3 Å². The number of nitrogens with zero attached hydrogens (tertiary/aromatic N) is 5. The Morgan fingerprint density at radius 1 is 0.865 bits per heavy atom. The van der Waals surface area contributed by atoms with Crippen LogP contribution in [0.1, 0.15) is 49.8 Å². The van der Waals surface area contributed by atoms with E-state index in [9.17, 15) is 9.59 Å². The summed E-state index contributed by atoms with van der Waals surface area (Å²) in [6.45, 7) is 9.17. The zero-order valence-corrected chi connectivity index (χ0v) is 22.1. The first-order valence-electron chi connectivity index (χ1n) is 13.2. The van der Waals surface area contributed by atoms with Gasteiger partial charge in [-0.05, 0) is 50.6 Å². The van der Waals surface area contributed by atoms with Crippen molar-refractivity contribution in [3.63, 3.8) is 0 Å². The second-order valence-corrected chi connectivity index (χ2v) is 11.2. The predicted molar refractivity (Wildman–Crippen MR) is 146 cm³/mol. The summed E-state index contributed by atoms with van der Waals surface area (Å²) in [5.41, 5.74) is 4.27. The highest BCUT2D eigenvalue weighted by atomic mass is 32.1. The zero-order chi connectivity index (χ0) is 25.4. The number of anilines is 1. The number of piperidine rings is 1. The molecular formula is C29H33N5O2S. The normalized spacial score (nSPS) is 19.6. The molecule has 0 bridgehead atoms. The second-order valence-electron chi connectivity index (χ2n) is 10.3. The van der Waals surface area contributed by atoms with Crippen LogP contribution in [0.4, 0.5) is 5.69 Å². The van der Waals surface area contributed by atoms with Crippen molar-refractivity contribution in [3.05, 3.63) is 81.3 Å². The molecule has 2 saturated heterocycles. The van der Waals surface area contributed by atoms with Gasteiger partial charge in [0.2, 0.25) is 0 Å². The van der Waals surface area contributed by atoms with E-state index in [2.05, 4.69) is 50.0 Å². The second kappa shape index (κ2) is 10.4. The fourth-order valence-corrected chi connectivity index (χ4v) is 6.71. The first kappa shape index (κ1) is 24.3. The Morgan fingerprint density at radius 2 is 1.62 bits per heavy atom. The molecule has 6 rings (SSSR count). The third-order valence-electron chi connectivity index (χ3n) is 7.91. The number of carbonyl (C=O) groups is 2. The molecule has 1 aromatic heterocycles. The minimum atomic E-state index is -0.212. The Balaban J connectivity index is 1.07. The van der Waals surface area contributed by atoms with E-state index in [4.69, 9.17) is 0 Å². The largest absolute Gasteiger partial charge is 0.368 e. The minimum absolute atomic E-state index is 0.198. The van der Waals surface area contributed by atoms with Crippen molar-refractivity contribution in [3.8, 4) is 0 Å². The van der Waals surface area contributed by atoms with Crippen molar-refractivity contribution in [2.24, 2.45) is 0 Å². The summed E-state index contributed by atoms with van der Waals surface area (Å²) >= 11 is 1.49. The van der Waals surface area contributed by atoms with Crippen LogP contribution < -0.4 is 4.90 Å². The van der Waals surface area contributed by atoms with Gasteiger partial charge in [-0.1, -0.05) is 36.4 Å². The lowest BCUT2D eigenvalue weighted by Crippen LogP contribution is -2.53. The smallest absolute Gasteiger partial charge is 0.264 e. The number of rotatable bonds is 6. The third-order valence-corrected chi connectivity index (χ3v) is 8.87. The van der Waals surface area contributed by atoms with Gasteiger partial charge in [0.05, 0.1) is 23.4 Å². The number of aromatic nitrogens is 1. The van der Waals surface area contributed by atoms with Gasteiger partial charge in [-0.2, -0.15) is 0 Å². The van der Waals surface area contributed by atoms with Crippen LogP contribution in [0.25, 0.3) is 0 Å². The van der Waals surface area contributed by atoms with Gasteiger partial charge in [0.25, 0.3) is 11.8 Å². The number of imide groups is 1. The molecule has 2 amide bonds. The first-order chi connectivity index (χ1) is 18.1. The molecule has 192 valence electrons. The third kappa shape index (κ3) is 4.93. The van der Waals surface area contributed by atoms with Gasteiger partial charge < -0.3 is 4.90 Å². The Morgan fingerprint density at radius 3 is 2.32 bits per heavy atom. The molecule has 8 heteroatoms. The molecule has 0 spiro atoms. The summed E-state index contributed by atoms with van der Waals surface area (Å²) in [7, 11) is 0. The standard InChI is InChI=1S/C29H33N5O2S/c1-21-20-37-26(30-21)19-34-28(35)24-8-5-9-25(27(24)29(34)36)33-16-14-32(15-17-33)23-10-12-31(13-11-23)18-22-6-3-2-4-7-22/h2-9,20,23H,10-19H2,1H3. The van der Waals surface area contributed by atoms with Gasteiger partial charge >= 0.3 is 0 Å². The van der Waals surface area contributed by atoms with E-state index in [-0.39, 0.29) is 18.4 Å². The molecule has 3 aliphatic rings. The predicted octanol–water partition coefficient (Wildman–Crippen LogP) is 4.03. The summed E-state index contributed by atoms with van der Waals surface area (Å²) in [4.78, 5) is 39.8. The van der Waals surface area contributed by atoms with Gasteiger partial charge in [-0.25, -0.2) is 4.98 Å². The van der Waals surface area contributed by atoms with Crippen molar-refractivity contribution in [1.29, 1.82) is 0 Å². The van der Waals surface area contributed by atoms with Crippen molar-refractivity contribution in [1.82, 2.24) is 19.7 Å². The monoisotopic (exact) mass is 515 g/mol. The molecule has 0 radical (unpaired) electrons. The van der Waals surface area contributed by atoms with E-state index in [1.807, 2.05) is 24.4 Å². The van der Waals surface area contributed by atoms with Crippen molar-refractivity contribution >= 4 is 28.8 Å². The van der Waals surface area contributed by atoms with E-state index in [0.717, 1.165) is 62.2 Å². The molecule has 0 atom stereocenters. The quantitative estimate of drug-likeness (QED) is 0.462. The summed E-state index contributed by atoms with van der Waals surface area (Å²) in [6, 6.07) is 17.0. The first-order valence-corrected chi connectivity index (χ1v) is 14.1. The average molecular weight is 516 g/mol. The number of likely N-dealkylation sites (tertiary alicyclic amines) is 1. The maximum Gasteiger partial charge on any atom is 0.264 e. The maximum atomic E-state index is 13.4. The van der Waals surface area contributed by atoms with Crippen LogP contribution >= 0.6 is 11.3 Å². The number of aryl methyl sites for hydroxylation is 1. The molecule has 0 saturated carbocycles. The Kier molecular flexibility index (Phi) is 6.80. The molecule has 3 aromatic rings. The van der Waals surface area contributed by atoms with Crippen molar-refractivity contribution in [2.75, 3.05) is 44.2 Å². The maximum absolute atomic E-state index is 13.4. The number of fused-ring (bicyclic) bond motifs is 1. The van der Waals surface area contributed by atoms with Crippen molar-refractivity contribution in [2.45, 2.75) is 38.9 Å². The highest BCUT2D eigenvalue weighted by molar-refractivity contribution is 7.09. The van der Waals surface area contributed by atoms with E-state index in [0.29, 0.717) is 17.2 Å². The van der Waals surface area contributed by atoms with E-state index >= 15 is 0 Å². The molecule has 37 heavy (non-hydrogen) atoms. The van der Waals surface area contributed by atoms with Crippen LogP contribution in [-0.4, -0.2) is 76.8 Å². The highest BCUT2D eigenvalue weighted by Crippen LogP contribution is 2.34. The van der Waals surface area contributed by atoms with Crippen LogP contribution in [0.15, 0.2) is 53.9 Å². The number of carbonyl (C=O) groups excluding carboxylic acids is 2. The molecule has 0 aliphatic carbocycles. The Hall–Kier alpha value is -3.07. The summed E-state index contributed by atoms with van der Waals surface area (Å²) < 4.78 is 0. The fourth-order valence-electron chi connectivity index (χ4n) is 5.95. The molecular weight excluding hydrogens is 482 g/mol. The van der Waals surface area contributed by atoms with Crippen LogP contribution in [0, 0.1) is 6.92 Å². The molecule has 0 N–H and O–H groups in total. The van der Waals surface area contributed by atoms with Crippen LogP contribution in [0.5, 0.6) is 0 Å². The number of benzene rings is 2. The Bertz CT molecular complexity index is 1280. The summed E-state index contributed by atoms with van der Waals surface area (Å²) in [5.74, 6) is -0.410. The van der Waals surface area contributed by atoms with E-state index in [1.54, 1.807) is 6.07 Å². The van der Waals surface area contributed by atoms with Crippen LogP contribution in [0.2, 0.25) is 0 Å². The lowest BCUT2D eigenvalue weighted by molar-refractivity contribution is 0.0642. The fraction of sp³-hybridized carbons (Fsp3) is 0.414. The molecule has 7 nitrogen and oxygen atoms in total. The summed E-state index contributed by atoms with van der Waals surface area (Å²) in [6.07, 6.45) is 2.40. The van der Waals surface area contributed by atoms with Gasteiger partial charge in [0.15, 0.2) is 0 Å². The lowest BCUT2D eigenvalue weighted by atomic mass is 10.0. The SMILES string of the molecule is Cc1csc(CN2C(=O)c3cccc(N4CCN(C5CCN(Cc6ccccc6)CC5)CC4)c3C2=O)n1. The molecule has 4 heterocycles. The van der Waals surface area contributed by atoms with Crippen molar-refractivity contribution < 1.29 is 9.59 Å². The van der Waals surface area contributed by atoms with Gasteiger partial charge in [0, 0.05) is 49.8 Å². The molecule has 2 aromatic carbocycles. The Labute approximate surface area is 222 Å². The lowest BCUT2D eigenvalue weighted by Gasteiger charge is -2.43. The number of amides is 2. The highest BCUT2D eigenvalue weighted by Gasteiger charge is 2.39. The topological polar surface area (TPSA) is 60.0 Å². The molecule has 0 unspecified atom stereocenters. The van der Waals surface area contributed by atoms with Crippen LogP contribution in [0.3, 0.4) is 0 Å². The molecule has 3 aliphatic heterocycles.